The molecule has 0 saturated carbocycles. The van der Waals surface area contributed by atoms with E-state index in [1.807, 2.05) is 76.2 Å². The summed E-state index contributed by atoms with van der Waals surface area (Å²) in [6.07, 6.45) is 0. The van der Waals surface area contributed by atoms with Gasteiger partial charge in [-0.15, -0.1) is 0 Å². The second-order valence-electron chi connectivity index (χ2n) is 12.9. The Morgan fingerprint density at radius 3 is 1.23 bits per heavy atom. The van der Waals surface area contributed by atoms with Crippen LogP contribution in [0.1, 0.15) is 58.7 Å². The Balaban J connectivity index is 1.55. The molecule has 0 bridgehead atoms. The van der Waals surface area contributed by atoms with Crippen molar-refractivity contribution in [1.82, 2.24) is 0 Å². The number of rotatable bonds is 11. The van der Waals surface area contributed by atoms with Crippen molar-refractivity contribution < 1.29 is 35.5 Å². The molecule has 53 heavy (non-hydrogen) atoms. The first-order valence-electron chi connectivity index (χ1n) is 16.4. The van der Waals surface area contributed by atoms with Crippen LogP contribution in [0.5, 0.6) is 0 Å². The van der Waals surface area contributed by atoms with Crippen molar-refractivity contribution in [3.63, 3.8) is 0 Å². The molecule has 0 heterocycles. The zero-order chi connectivity index (χ0) is 38.8. The third-order valence-corrected chi connectivity index (χ3v) is 10.4. The SMILES string of the molecule is CC(=O)Nc1cc(C)c(Nc2ccc(C(c3ccc(Nc4c(C)cc(NC(C)=O)cc4C)cc3)c3ccc(S(=O)(=O)O)cc3S(=O)(=O)O)cc2)c(C)c1. The molecule has 276 valence electrons. The van der Waals surface area contributed by atoms with Gasteiger partial charge in [0.1, 0.15) is 0 Å². The summed E-state index contributed by atoms with van der Waals surface area (Å²) in [6, 6.07) is 25.0. The van der Waals surface area contributed by atoms with Crippen molar-refractivity contribution >= 4 is 66.2 Å². The van der Waals surface area contributed by atoms with Crippen molar-refractivity contribution in [3.05, 3.63) is 130 Å². The number of nitrogens with one attached hydrogen (secondary N) is 4. The molecule has 5 aromatic carbocycles. The number of carbonyl (C=O) groups excluding carboxylic acids is 2. The average molecular weight is 757 g/mol. The first kappa shape index (κ1) is 38.7. The van der Waals surface area contributed by atoms with Crippen LogP contribution in [0.3, 0.4) is 0 Å². The highest BCUT2D eigenvalue weighted by Gasteiger charge is 2.27. The standard InChI is InChI=1S/C39H40N4O8S2/c1-22-17-32(40-26(5)44)18-23(2)38(22)42-30-11-7-28(8-12-30)37(35-16-15-34(52(46,47)48)21-36(35)53(49,50)51)29-9-13-31(14-10-29)43-39-24(3)19-33(20-25(39)4)41-27(6)45/h7-21,37,42-43H,1-6H3,(H,40,44)(H,41,45)(H,46,47,48)(H,49,50,51). The number of aryl methyl sites for hydroxylation is 4. The number of hydrogen-bond acceptors (Lipinski definition) is 8. The van der Waals surface area contributed by atoms with Gasteiger partial charge in [0.25, 0.3) is 20.2 Å². The Morgan fingerprint density at radius 2 is 0.906 bits per heavy atom. The van der Waals surface area contributed by atoms with Gasteiger partial charge in [-0.05, 0) is 127 Å². The summed E-state index contributed by atoms with van der Waals surface area (Å²) in [7, 11) is -9.76. The van der Waals surface area contributed by atoms with Gasteiger partial charge in [0, 0.05) is 53.9 Å². The Morgan fingerprint density at radius 1 is 0.528 bits per heavy atom. The molecular formula is C39H40N4O8S2. The molecular weight excluding hydrogens is 717 g/mol. The van der Waals surface area contributed by atoms with Crippen LogP contribution < -0.4 is 21.3 Å². The largest absolute Gasteiger partial charge is 0.355 e. The van der Waals surface area contributed by atoms with Gasteiger partial charge in [0.05, 0.1) is 9.79 Å². The third kappa shape index (κ3) is 9.28. The summed E-state index contributed by atoms with van der Waals surface area (Å²) in [5.41, 5.74) is 9.40. The molecule has 0 saturated heterocycles. The van der Waals surface area contributed by atoms with Crippen LogP contribution >= 0.6 is 0 Å². The van der Waals surface area contributed by atoms with Gasteiger partial charge in [0.2, 0.25) is 11.8 Å². The summed E-state index contributed by atoms with van der Waals surface area (Å²) in [6.45, 7) is 10.6. The van der Waals surface area contributed by atoms with Gasteiger partial charge in [0.15, 0.2) is 0 Å². The van der Waals surface area contributed by atoms with Crippen LogP contribution in [0.4, 0.5) is 34.1 Å². The second-order valence-corrected chi connectivity index (χ2v) is 15.7. The molecule has 2 amide bonds. The monoisotopic (exact) mass is 756 g/mol. The number of carbonyl (C=O) groups is 2. The van der Waals surface area contributed by atoms with Crippen LogP contribution in [0.2, 0.25) is 0 Å². The van der Waals surface area contributed by atoms with E-state index in [-0.39, 0.29) is 17.4 Å². The van der Waals surface area contributed by atoms with Gasteiger partial charge in [-0.25, -0.2) is 0 Å². The summed E-state index contributed by atoms with van der Waals surface area (Å²) in [5, 5.41) is 12.4. The lowest BCUT2D eigenvalue weighted by molar-refractivity contribution is -0.115. The molecule has 0 unspecified atom stereocenters. The molecule has 0 aliphatic carbocycles. The third-order valence-electron chi connectivity index (χ3n) is 8.60. The normalized spacial score (nSPS) is 11.6. The fourth-order valence-electron chi connectivity index (χ4n) is 6.37. The number of anilines is 6. The van der Waals surface area contributed by atoms with Gasteiger partial charge in [-0.1, -0.05) is 30.3 Å². The van der Waals surface area contributed by atoms with Crippen LogP contribution in [-0.2, 0) is 29.8 Å². The van der Waals surface area contributed by atoms with Crippen molar-refractivity contribution in [3.8, 4) is 0 Å². The molecule has 0 radical (unpaired) electrons. The van der Waals surface area contributed by atoms with Gasteiger partial charge < -0.3 is 21.3 Å². The second kappa shape index (κ2) is 15.2. The van der Waals surface area contributed by atoms with E-state index in [0.717, 1.165) is 57.1 Å². The first-order chi connectivity index (χ1) is 24.8. The maximum absolute atomic E-state index is 12.7. The Labute approximate surface area is 309 Å². The van der Waals surface area contributed by atoms with Crippen LogP contribution in [0, 0.1) is 27.7 Å². The van der Waals surface area contributed by atoms with Crippen molar-refractivity contribution in [2.75, 3.05) is 21.3 Å². The zero-order valence-corrected chi connectivity index (χ0v) is 31.5. The predicted octanol–water partition coefficient (Wildman–Crippen LogP) is 8.00. The Hall–Kier alpha value is -5.54. The molecule has 14 heteroatoms. The van der Waals surface area contributed by atoms with Crippen molar-refractivity contribution in [2.24, 2.45) is 0 Å². The molecule has 12 nitrogen and oxygen atoms in total. The van der Waals surface area contributed by atoms with E-state index < -0.39 is 35.9 Å². The smallest absolute Gasteiger partial charge is 0.294 e. The molecule has 0 aromatic heterocycles. The highest BCUT2D eigenvalue weighted by molar-refractivity contribution is 7.86. The van der Waals surface area contributed by atoms with Crippen LogP contribution in [0.15, 0.2) is 101 Å². The van der Waals surface area contributed by atoms with E-state index in [1.54, 1.807) is 24.3 Å². The topological polar surface area (TPSA) is 191 Å². The van der Waals surface area contributed by atoms with E-state index in [0.29, 0.717) is 22.5 Å². The molecule has 0 aliphatic rings. The summed E-state index contributed by atoms with van der Waals surface area (Å²) in [5.74, 6) is -1.17. The highest BCUT2D eigenvalue weighted by Crippen LogP contribution is 2.39. The lowest BCUT2D eigenvalue weighted by atomic mass is 9.85. The summed E-state index contributed by atoms with van der Waals surface area (Å²) < 4.78 is 69.3. The minimum absolute atomic E-state index is 0.0850. The number of hydrogen-bond donors (Lipinski definition) is 6. The zero-order valence-electron chi connectivity index (χ0n) is 29.9. The summed E-state index contributed by atoms with van der Waals surface area (Å²) in [4.78, 5) is 21.8. The van der Waals surface area contributed by atoms with E-state index in [1.165, 1.54) is 19.9 Å². The predicted molar refractivity (Wildman–Crippen MR) is 207 cm³/mol. The van der Waals surface area contributed by atoms with Crippen molar-refractivity contribution in [1.29, 1.82) is 0 Å². The lowest BCUT2D eigenvalue weighted by Crippen LogP contribution is -2.12. The molecule has 0 atom stereocenters. The fraction of sp³-hybridized carbons (Fsp3) is 0.179. The Bertz CT molecular complexity index is 2280. The molecule has 6 N–H and O–H groups in total. The van der Waals surface area contributed by atoms with E-state index in [4.69, 9.17) is 0 Å². The van der Waals surface area contributed by atoms with E-state index >= 15 is 0 Å². The van der Waals surface area contributed by atoms with Gasteiger partial charge >= 0.3 is 0 Å². The molecule has 0 aliphatic heterocycles. The summed E-state index contributed by atoms with van der Waals surface area (Å²) >= 11 is 0. The molecule has 5 aromatic rings. The molecule has 0 spiro atoms. The molecule has 5 rings (SSSR count). The Kier molecular flexibility index (Phi) is 11.1. The van der Waals surface area contributed by atoms with E-state index in [9.17, 15) is 35.5 Å². The van der Waals surface area contributed by atoms with Gasteiger partial charge in [-0.2, -0.15) is 16.8 Å². The molecule has 0 fully saturated rings. The maximum atomic E-state index is 12.7. The first-order valence-corrected chi connectivity index (χ1v) is 19.3. The number of benzene rings is 5. The van der Waals surface area contributed by atoms with Gasteiger partial charge in [-0.3, -0.25) is 18.7 Å². The lowest BCUT2D eigenvalue weighted by Gasteiger charge is -2.23. The minimum Gasteiger partial charge on any atom is -0.355 e. The average Bonchev–Trinajstić information content (AvgIpc) is 3.04. The van der Waals surface area contributed by atoms with Crippen LogP contribution in [-0.4, -0.2) is 37.8 Å². The maximum Gasteiger partial charge on any atom is 0.294 e. The van der Waals surface area contributed by atoms with E-state index in [2.05, 4.69) is 21.3 Å². The van der Waals surface area contributed by atoms with Crippen LogP contribution in [0.25, 0.3) is 0 Å². The number of amides is 2. The minimum atomic E-state index is -4.97. The fourth-order valence-corrected chi connectivity index (χ4v) is 7.71. The highest BCUT2D eigenvalue weighted by atomic mass is 32.2. The van der Waals surface area contributed by atoms with Crippen molar-refractivity contribution in [2.45, 2.75) is 57.3 Å². The quantitative estimate of drug-likeness (QED) is 0.0569.